The Morgan fingerprint density at radius 1 is 1.00 bits per heavy atom. The van der Waals surface area contributed by atoms with Crippen LogP contribution in [-0.4, -0.2) is 42.1 Å². The van der Waals surface area contributed by atoms with E-state index in [-0.39, 0.29) is 11.7 Å². The minimum absolute atomic E-state index is 0.189. The molecule has 34 heavy (non-hydrogen) atoms. The van der Waals surface area contributed by atoms with Gasteiger partial charge in [-0.25, -0.2) is 4.39 Å². The Morgan fingerprint density at radius 3 is 2.65 bits per heavy atom. The van der Waals surface area contributed by atoms with E-state index in [9.17, 15) is 9.18 Å². The number of pyridine rings is 1. The molecule has 178 valence electrons. The van der Waals surface area contributed by atoms with Gasteiger partial charge in [-0.3, -0.25) is 9.78 Å². The second-order valence-electron chi connectivity index (χ2n) is 9.94. The van der Waals surface area contributed by atoms with Gasteiger partial charge in [-0.1, -0.05) is 36.4 Å². The van der Waals surface area contributed by atoms with Gasteiger partial charge in [-0.15, -0.1) is 0 Å². The van der Waals surface area contributed by atoms with Gasteiger partial charge < -0.3 is 9.64 Å². The highest BCUT2D eigenvalue weighted by Crippen LogP contribution is 2.38. The van der Waals surface area contributed by atoms with E-state index in [4.69, 9.17) is 4.74 Å². The van der Waals surface area contributed by atoms with Crippen LogP contribution in [0.5, 0.6) is 0 Å². The van der Waals surface area contributed by atoms with Crippen molar-refractivity contribution in [2.75, 3.05) is 26.3 Å². The number of halogens is 1. The van der Waals surface area contributed by atoms with Crippen molar-refractivity contribution in [3.05, 3.63) is 77.7 Å². The Hall–Kier alpha value is -2.79. The Bertz CT molecular complexity index is 1140. The Balaban J connectivity index is 1.30. The van der Waals surface area contributed by atoms with Crippen molar-refractivity contribution in [2.24, 2.45) is 11.3 Å². The second kappa shape index (κ2) is 10.2. The van der Waals surface area contributed by atoms with Gasteiger partial charge >= 0.3 is 0 Å². The van der Waals surface area contributed by atoms with Crippen LogP contribution in [-0.2, 0) is 22.4 Å². The van der Waals surface area contributed by atoms with Crippen LogP contribution in [0.25, 0.3) is 10.9 Å². The fourth-order valence-electron chi connectivity index (χ4n) is 5.79. The molecule has 0 aliphatic carbocycles. The van der Waals surface area contributed by atoms with Gasteiger partial charge in [-0.05, 0) is 80.2 Å². The number of ether oxygens (including phenoxy) is 1. The van der Waals surface area contributed by atoms with E-state index < -0.39 is 5.41 Å². The molecule has 2 saturated heterocycles. The predicted octanol–water partition coefficient (Wildman–Crippen LogP) is 5.58. The summed E-state index contributed by atoms with van der Waals surface area (Å²) in [5, 5.41) is 1.23. The molecule has 2 aromatic carbocycles. The lowest BCUT2D eigenvalue weighted by molar-refractivity contribution is -0.148. The molecule has 3 heterocycles. The van der Waals surface area contributed by atoms with Gasteiger partial charge in [-0.2, -0.15) is 0 Å². The van der Waals surface area contributed by atoms with Crippen molar-refractivity contribution in [1.29, 1.82) is 0 Å². The van der Waals surface area contributed by atoms with Gasteiger partial charge in [0.25, 0.3) is 0 Å². The number of likely N-dealkylation sites (tertiary alicyclic amines) is 1. The first-order valence-corrected chi connectivity index (χ1v) is 12.6. The summed E-state index contributed by atoms with van der Waals surface area (Å²) in [5.74, 6) is 0.511. The largest absolute Gasteiger partial charge is 0.381 e. The fourth-order valence-corrected chi connectivity index (χ4v) is 5.79. The molecular weight excluding hydrogens is 427 g/mol. The zero-order chi connectivity index (χ0) is 23.4. The number of amides is 1. The molecule has 2 aliphatic heterocycles. The van der Waals surface area contributed by atoms with Crippen LogP contribution in [0, 0.1) is 17.2 Å². The van der Waals surface area contributed by atoms with Crippen LogP contribution in [0.4, 0.5) is 4.39 Å². The summed E-state index contributed by atoms with van der Waals surface area (Å²) in [4.78, 5) is 20.5. The number of hydrogen-bond acceptors (Lipinski definition) is 3. The molecule has 4 nitrogen and oxygen atoms in total. The van der Waals surface area contributed by atoms with Crippen molar-refractivity contribution in [2.45, 2.75) is 44.9 Å². The minimum Gasteiger partial charge on any atom is -0.381 e. The third-order valence-electron chi connectivity index (χ3n) is 7.77. The number of rotatable bonds is 5. The number of aromatic nitrogens is 1. The maximum Gasteiger partial charge on any atom is 0.229 e. The minimum atomic E-state index is -0.568. The molecule has 0 saturated carbocycles. The average Bonchev–Trinajstić information content (AvgIpc) is 3.11. The first kappa shape index (κ1) is 23.0. The van der Waals surface area contributed by atoms with Crippen molar-refractivity contribution in [3.63, 3.8) is 0 Å². The lowest BCUT2D eigenvalue weighted by atomic mass is 9.74. The summed E-state index contributed by atoms with van der Waals surface area (Å²) in [6, 6.07) is 17.3. The smallest absolute Gasteiger partial charge is 0.229 e. The first-order chi connectivity index (χ1) is 16.6. The van der Waals surface area contributed by atoms with Crippen LogP contribution >= 0.6 is 0 Å². The van der Waals surface area contributed by atoms with Crippen LogP contribution < -0.4 is 0 Å². The number of hydrogen-bond donors (Lipinski definition) is 0. The van der Waals surface area contributed by atoms with Gasteiger partial charge in [0.15, 0.2) is 0 Å². The van der Waals surface area contributed by atoms with Crippen molar-refractivity contribution >= 4 is 16.8 Å². The quantitative estimate of drug-likeness (QED) is 0.499. The number of fused-ring (bicyclic) bond motifs is 1. The van der Waals surface area contributed by atoms with Gasteiger partial charge in [0.05, 0.1) is 10.9 Å². The molecule has 2 fully saturated rings. The molecule has 0 bridgehead atoms. The van der Waals surface area contributed by atoms with Gasteiger partial charge in [0, 0.05) is 37.9 Å². The van der Waals surface area contributed by atoms with Crippen molar-refractivity contribution in [3.8, 4) is 0 Å². The highest BCUT2D eigenvalue weighted by Gasteiger charge is 2.43. The summed E-state index contributed by atoms with van der Waals surface area (Å²) in [7, 11) is 0. The third kappa shape index (κ3) is 4.85. The highest BCUT2D eigenvalue weighted by molar-refractivity contribution is 5.83. The van der Waals surface area contributed by atoms with E-state index in [2.05, 4.69) is 34.1 Å². The zero-order valence-electron chi connectivity index (χ0n) is 19.7. The fraction of sp³-hybridized carbons (Fsp3) is 0.448. The molecule has 0 radical (unpaired) electrons. The number of nitrogens with zero attached hydrogens (tertiary/aromatic N) is 2. The molecule has 1 amide bonds. The molecule has 3 aromatic rings. The molecule has 0 N–H and O–H groups in total. The summed E-state index contributed by atoms with van der Waals surface area (Å²) >= 11 is 0. The SMILES string of the molecule is O=C(N1CCC[C@H](Cc2ccnc3ccccc23)CC1)C1(Cc2ccccc2F)CCOCC1. The summed E-state index contributed by atoms with van der Waals surface area (Å²) in [6.07, 6.45) is 7.79. The zero-order valence-corrected chi connectivity index (χ0v) is 19.7. The number of para-hydroxylation sites is 1. The Labute approximate surface area is 201 Å². The van der Waals surface area contributed by atoms with Crippen LogP contribution in [0.3, 0.4) is 0 Å². The topological polar surface area (TPSA) is 42.4 Å². The number of benzene rings is 2. The number of carbonyl (C=O) groups excluding carboxylic acids is 1. The molecule has 5 rings (SSSR count). The predicted molar refractivity (Wildman–Crippen MR) is 132 cm³/mol. The van der Waals surface area contributed by atoms with E-state index in [0.29, 0.717) is 44.0 Å². The first-order valence-electron chi connectivity index (χ1n) is 12.6. The maximum absolute atomic E-state index is 14.5. The highest BCUT2D eigenvalue weighted by atomic mass is 19.1. The maximum atomic E-state index is 14.5. The second-order valence-corrected chi connectivity index (χ2v) is 9.94. The normalized spacial score (nSPS) is 20.7. The molecule has 0 spiro atoms. The van der Waals surface area contributed by atoms with E-state index in [0.717, 1.165) is 44.3 Å². The van der Waals surface area contributed by atoms with E-state index in [1.54, 1.807) is 6.07 Å². The average molecular weight is 461 g/mol. The Kier molecular flexibility index (Phi) is 6.91. The summed E-state index contributed by atoms with van der Waals surface area (Å²) < 4.78 is 20.1. The van der Waals surface area contributed by atoms with Gasteiger partial charge in [0.1, 0.15) is 5.82 Å². The lowest BCUT2D eigenvalue weighted by Crippen LogP contribution is -2.48. The standard InChI is InChI=1S/C29H33FN2O2/c30-26-9-3-1-7-24(26)21-29(13-18-34-19-14-29)28(33)32-16-5-6-22(12-17-32)20-23-11-15-31-27-10-4-2-8-25(23)27/h1-4,7-11,15,22H,5-6,12-14,16-21H2/t22-/m0/s1. The monoisotopic (exact) mass is 460 g/mol. The Morgan fingerprint density at radius 2 is 1.79 bits per heavy atom. The molecular formula is C29H33FN2O2. The molecule has 2 aliphatic rings. The lowest BCUT2D eigenvalue weighted by Gasteiger charge is -2.40. The summed E-state index contributed by atoms with van der Waals surface area (Å²) in [5.41, 5.74) is 2.45. The molecule has 1 aromatic heterocycles. The van der Waals surface area contributed by atoms with E-state index in [1.165, 1.54) is 17.0 Å². The van der Waals surface area contributed by atoms with Crippen LogP contribution in [0.1, 0.15) is 43.2 Å². The summed E-state index contributed by atoms with van der Waals surface area (Å²) in [6.45, 7) is 2.68. The molecule has 5 heteroatoms. The van der Waals surface area contributed by atoms with Crippen LogP contribution in [0.15, 0.2) is 60.8 Å². The van der Waals surface area contributed by atoms with E-state index >= 15 is 0 Å². The van der Waals surface area contributed by atoms with Crippen LogP contribution in [0.2, 0.25) is 0 Å². The number of carbonyl (C=O) groups is 1. The van der Waals surface area contributed by atoms with Crippen molar-refractivity contribution < 1.29 is 13.9 Å². The van der Waals surface area contributed by atoms with Gasteiger partial charge in [0.2, 0.25) is 5.91 Å². The molecule has 0 unspecified atom stereocenters. The van der Waals surface area contributed by atoms with E-state index in [1.807, 2.05) is 24.4 Å². The third-order valence-corrected chi connectivity index (χ3v) is 7.77. The molecule has 1 atom stereocenters. The van der Waals surface area contributed by atoms with Crippen molar-refractivity contribution in [1.82, 2.24) is 9.88 Å².